The van der Waals surface area contributed by atoms with Crippen LogP contribution in [-0.4, -0.2) is 96.1 Å². The van der Waals surface area contributed by atoms with E-state index in [9.17, 15) is 4.79 Å². The van der Waals surface area contributed by atoms with Gasteiger partial charge >= 0.3 is 5.97 Å². The number of carboxylic acid groups (broad SMARTS) is 1. The summed E-state index contributed by atoms with van der Waals surface area (Å²) in [6, 6.07) is -1.13. The van der Waals surface area contributed by atoms with Crippen molar-refractivity contribution in [1.29, 1.82) is 0 Å². The average molecular weight is 285 g/mol. The largest absolute Gasteiger partial charge is 0.480 e. The standard InChI is InChI=1S/C6H12O6.C3H7NO3/c7-1-2(8)4(10)6(12)5(11)3(1)9;4-2(1-5)3(6)7/h1-12H;2,5H,1,4H2,(H,6,7)/t;2-/m.0/s1. The van der Waals surface area contributed by atoms with Gasteiger partial charge in [0.05, 0.1) is 6.61 Å². The van der Waals surface area contributed by atoms with Gasteiger partial charge in [-0.15, -0.1) is 0 Å². The first-order chi connectivity index (χ1) is 8.64. The van der Waals surface area contributed by atoms with E-state index >= 15 is 0 Å². The molecule has 19 heavy (non-hydrogen) atoms. The summed E-state index contributed by atoms with van der Waals surface area (Å²) in [5.74, 6) is -1.18. The number of carbonyl (C=O) groups is 1. The highest BCUT2D eigenvalue weighted by molar-refractivity contribution is 5.73. The minimum absolute atomic E-state index is 0.505. The third-order valence-electron chi connectivity index (χ3n) is 2.61. The van der Waals surface area contributed by atoms with Crippen molar-refractivity contribution < 1.29 is 45.6 Å². The highest BCUT2D eigenvalue weighted by atomic mass is 16.4. The summed E-state index contributed by atoms with van der Waals surface area (Å²) in [6.45, 7) is -0.505. The number of hydrogen-bond donors (Lipinski definition) is 9. The van der Waals surface area contributed by atoms with Crippen molar-refractivity contribution in [2.24, 2.45) is 5.73 Å². The zero-order valence-corrected chi connectivity index (χ0v) is 9.81. The Kier molecular flexibility index (Phi) is 7.33. The van der Waals surface area contributed by atoms with Crippen LogP contribution in [0.4, 0.5) is 0 Å². The van der Waals surface area contributed by atoms with Crippen LogP contribution in [0, 0.1) is 0 Å². The van der Waals surface area contributed by atoms with E-state index in [0.29, 0.717) is 0 Å². The van der Waals surface area contributed by atoms with Crippen molar-refractivity contribution >= 4 is 5.97 Å². The molecule has 0 aliphatic heterocycles. The van der Waals surface area contributed by atoms with Crippen LogP contribution in [0.2, 0.25) is 0 Å². The molecule has 114 valence electrons. The molecule has 1 aliphatic rings. The molecule has 0 aromatic heterocycles. The van der Waals surface area contributed by atoms with Gasteiger partial charge in [-0.3, -0.25) is 4.79 Å². The Balaban J connectivity index is 0.000000399. The van der Waals surface area contributed by atoms with Crippen LogP contribution < -0.4 is 5.73 Å². The second-order valence-corrected chi connectivity index (χ2v) is 4.07. The molecule has 10 N–H and O–H groups in total. The van der Waals surface area contributed by atoms with E-state index < -0.39 is 55.2 Å². The maximum atomic E-state index is 9.65. The Morgan fingerprint density at radius 2 is 1.05 bits per heavy atom. The van der Waals surface area contributed by atoms with E-state index in [2.05, 4.69) is 0 Å². The second-order valence-electron chi connectivity index (χ2n) is 4.07. The first kappa shape index (κ1) is 18.1. The van der Waals surface area contributed by atoms with Crippen LogP contribution >= 0.6 is 0 Å². The first-order valence-electron chi connectivity index (χ1n) is 5.32. The predicted octanol–water partition coefficient (Wildman–Crippen LogP) is -5.44. The van der Waals surface area contributed by atoms with Gasteiger partial charge in [0.15, 0.2) is 0 Å². The van der Waals surface area contributed by atoms with Gasteiger partial charge in [-0.25, -0.2) is 0 Å². The molecule has 0 heterocycles. The molecule has 1 saturated carbocycles. The normalized spacial score (nSPS) is 40.0. The number of aliphatic carboxylic acids is 1. The fraction of sp³-hybridized carbons (Fsp3) is 0.889. The monoisotopic (exact) mass is 285 g/mol. The minimum atomic E-state index is -1.64. The summed E-state index contributed by atoms with van der Waals surface area (Å²) in [7, 11) is 0. The van der Waals surface area contributed by atoms with Crippen LogP contribution in [-0.2, 0) is 4.79 Å². The quantitative estimate of drug-likeness (QED) is 0.235. The molecule has 0 saturated heterocycles. The van der Waals surface area contributed by atoms with Crippen molar-refractivity contribution in [2.75, 3.05) is 6.61 Å². The molecule has 0 unspecified atom stereocenters. The van der Waals surface area contributed by atoms with Crippen molar-refractivity contribution in [3.63, 3.8) is 0 Å². The molecule has 0 aromatic carbocycles. The fourth-order valence-electron chi connectivity index (χ4n) is 1.29. The summed E-state index contributed by atoms with van der Waals surface area (Å²) in [6.07, 6.45) is -9.84. The van der Waals surface area contributed by atoms with Crippen molar-refractivity contribution in [3.05, 3.63) is 0 Å². The molecular weight excluding hydrogens is 266 g/mol. The zero-order chi connectivity index (χ0) is 15.3. The maximum absolute atomic E-state index is 9.65. The SMILES string of the molecule is N[C@@H](CO)C(=O)O.OC1C(O)C(O)C(O)C(O)C1O. The van der Waals surface area contributed by atoms with Gasteiger partial charge in [0.2, 0.25) is 0 Å². The van der Waals surface area contributed by atoms with E-state index in [4.69, 9.17) is 46.6 Å². The summed E-state index contributed by atoms with van der Waals surface area (Å²) in [4.78, 5) is 9.65. The Bertz CT molecular complexity index is 230. The van der Waals surface area contributed by atoms with Crippen LogP contribution in [0.25, 0.3) is 0 Å². The third-order valence-corrected chi connectivity index (χ3v) is 2.61. The Hall–Kier alpha value is -0.850. The molecular formula is C9H19NO9. The molecule has 0 radical (unpaired) electrons. The van der Waals surface area contributed by atoms with Gasteiger partial charge < -0.3 is 46.6 Å². The minimum Gasteiger partial charge on any atom is -0.480 e. The summed E-state index contributed by atoms with van der Waals surface area (Å²) < 4.78 is 0. The van der Waals surface area contributed by atoms with Gasteiger partial charge in [0, 0.05) is 0 Å². The third kappa shape index (κ3) is 4.63. The molecule has 1 atom stereocenters. The summed E-state index contributed by atoms with van der Waals surface area (Å²) in [5, 5.41) is 69.7. The zero-order valence-electron chi connectivity index (χ0n) is 9.81. The van der Waals surface area contributed by atoms with Crippen LogP contribution in [0.5, 0.6) is 0 Å². The molecule has 1 rings (SSSR count). The highest BCUT2D eigenvalue weighted by Gasteiger charge is 2.47. The summed E-state index contributed by atoms with van der Waals surface area (Å²) in [5.41, 5.74) is 4.77. The molecule has 0 spiro atoms. The lowest BCUT2D eigenvalue weighted by Crippen LogP contribution is -2.63. The van der Waals surface area contributed by atoms with E-state index in [0.717, 1.165) is 0 Å². The number of carboxylic acids is 1. The van der Waals surface area contributed by atoms with Crippen LogP contribution in [0.1, 0.15) is 0 Å². The van der Waals surface area contributed by atoms with Crippen molar-refractivity contribution in [2.45, 2.75) is 42.7 Å². The van der Waals surface area contributed by atoms with E-state index in [1.54, 1.807) is 0 Å². The van der Waals surface area contributed by atoms with E-state index in [1.807, 2.05) is 0 Å². The predicted molar refractivity (Wildman–Crippen MR) is 58.7 cm³/mol. The van der Waals surface area contributed by atoms with Gasteiger partial charge in [-0.1, -0.05) is 0 Å². The smallest absolute Gasteiger partial charge is 0.322 e. The first-order valence-corrected chi connectivity index (χ1v) is 5.32. The Morgan fingerprint density at radius 3 is 1.11 bits per heavy atom. The van der Waals surface area contributed by atoms with Crippen molar-refractivity contribution in [1.82, 2.24) is 0 Å². The van der Waals surface area contributed by atoms with E-state index in [-0.39, 0.29) is 0 Å². The lowest BCUT2D eigenvalue weighted by Gasteiger charge is -2.39. The topological polar surface area (TPSA) is 205 Å². The summed E-state index contributed by atoms with van der Waals surface area (Å²) >= 11 is 0. The van der Waals surface area contributed by atoms with Gasteiger partial charge in [-0.2, -0.15) is 0 Å². The molecule has 10 nitrogen and oxygen atoms in total. The lowest BCUT2D eigenvalue weighted by molar-refractivity contribution is -0.223. The molecule has 0 amide bonds. The molecule has 1 aliphatic carbocycles. The Morgan fingerprint density at radius 1 is 0.842 bits per heavy atom. The molecule has 10 heteroatoms. The van der Waals surface area contributed by atoms with E-state index in [1.165, 1.54) is 0 Å². The number of aliphatic hydroxyl groups is 7. The molecule has 0 bridgehead atoms. The lowest BCUT2D eigenvalue weighted by atomic mass is 9.85. The highest BCUT2D eigenvalue weighted by Crippen LogP contribution is 2.20. The number of nitrogens with two attached hydrogens (primary N) is 1. The number of hydrogen-bond acceptors (Lipinski definition) is 9. The van der Waals surface area contributed by atoms with Gasteiger partial charge in [-0.05, 0) is 0 Å². The molecule has 1 fully saturated rings. The maximum Gasteiger partial charge on any atom is 0.322 e. The number of rotatable bonds is 2. The van der Waals surface area contributed by atoms with Crippen molar-refractivity contribution in [3.8, 4) is 0 Å². The van der Waals surface area contributed by atoms with Crippen LogP contribution in [0.3, 0.4) is 0 Å². The van der Waals surface area contributed by atoms with Gasteiger partial charge in [0.25, 0.3) is 0 Å². The molecule has 0 aromatic rings. The van der Waals surface area contributed by atoms with Gasteiger partial charge in [0.1, 0.15) is 42.7 Å². The van der Waals surface area contributed by atoms with Crippen LogP contribution in [0.15, 0.2) is 0 Å². The Labute approximate surface area is 108 Å². The fourth-order valence-corrected chi connectivity index (χ4v) is 1.29. The average Bonchev–Trinajstić information content (AvgIpc) is 2.40. The number of aliphatic hydroxyl groups excluding tert-OH is 7. The second kappa shape index (κ2) is 7.67.